The van der Waals surface area contributed by atoms with E-state index in [-0.39, 0.29) is 22.3 Å². The van der Waals surface area contributed by atoms with Gasteiger partial charge >= 0.3 is 5.97 Å². The Labute approximate surface area is 172 Å². The van der Waals surface area contributed by atoms with Crippen LogP contribution in [-0.4, -0.2) is 26.9 Å². The monoisotopic (exact) mass is 430 g/mol. The molecular formula is C20H18N2O5S2. The van der Waals surface area contributed by atoms with E-state index in [1.807, 2.05) is 6.07 Å². The molecule has 9 heteroatoms. The molecule has 1 amide bonds. The lowest BCUT2D eigenvalue weighted by molar-refractivity contribution is 0.0526. The number of amides is 1. The first-order valence-corrected chi connectivity index (χ1v) is 11.0. The van der Waals surface area contributed by atoms with Gasteiger partial charge in [-0.25, -0.2) is 13.2 Å². The van der Waals surface area contributed by atoms with E-state index in [0.717, 1.165) is 11.3 Å². The van der Waals surface area contributed by atoms with Gasteiger partial charge in [0.2, 0.25) is 0 Å². The molecule has 0 fully saturated rings. The number of para-hydroxylation sites is 1. The third kappa shape index (κ3) is 5.21. The number of carbonyl (C=O) groups excluding carboxylic acids is 2. The highest BCUT2D eigenvalue weighted by Gasteiger charge is 2.19. The van der Waals surface area contributed by atoms with Crippen LogP contribution in [0.5, 0.6) is 0 Å². The summed E-state index contributed by atoms with van der Waals surface area (Å²) in [5, 5.41) is 4.11. The van der Waals surface area contributed by atoms with Crippen molar-refractivity contribution in [3.63, 3.8) is 0 Å². The van der Waals surface area contributed by atoms with E-state index >= 15 is 0 Å². The Hall–Kier alpha value is -3.17. The molecule has 0 spiro atoms. The molecule has 0 atom stereocenters. The molecule has 0 aliphatic rings. The topological polar surface area (TPSA) is 102 Å². The summed E-state index contributed by atoms with van der Waals surface area (Å²) in [4.78, 5) is 24.2. The molecular weight excluding hydrogens is 412 g/mol. The lowest BCUT2D eigenvalue weighted by atomic mass is 10.2. The summed E-state index contributed by atoms with van der Waals surface area (Å²) in [7, 11) is -3.88. The van der Waals surface area contributed by atoms with Crippen molar-refractivity contribution in [2.75, 3.05) is 16.6 Å². The standard InChI is InChI=1S/C20H18N2O5S2/c1-2-27-20(24)14-8-10-16(11-9-14)22-29(25,26)17-12-18(28-13-17)19(23)21-15-6-4-3-5-7-15/h3-13,22H,2H2,1H3,(H,21,23). The minimum Gasteiger partial charge on any atom is -0.462 e. The van der Waals surface area contributed by atoms with Crippen molar-refractivity contribution in [2.45, 2.75) is 11.8 Å². The zero-order valence-corrected chi connectivity index (χ0v) is 17.0. The Morgan fingerprint density at radius 1 is 1.00 bits per heavy atom. The van der Waals surface area contributed by atoms with E-state index in [4.69, 9.17) is 4.74 Å². The second-order valence-corrected chi connectivity index (χ2v) is 8.46. The molecule has 0 radical (unpaired) electrons. The Morgan fingerprint density at radius 3 is 2.34 bits per heavy atom. The molecule has 0 aliphatic carbocycles. The fourth-order valence-corrected chi connectivity index (χ4v) is 4.62. The van der Waals surface area contributed by atoms with Crippen LogP contribution >= 0.6 is 11.3 Å². The molecule has 29 heavy (non-hydrogen) atoms. The first-order valence-electron chi connectivity index (χ1n) is 8.64. The number of sulfonamides is 1. The number of benzene rings is 2. The predicted octanol–water partition coefficient (Wildman–Crippen LogP) is 3.98. The van der Waals surface area contributed by atoms with Crippen LogP contribution in [0, 0.1) is 0 Å². The van der Waals surface area contributed by atoms with Crippen LogP contribution in [0.15, 0.2) is 70.9 Å². The normalized spacial score (nSPS) is 10.9. The number of ether oxygens (including phenoxy) is 1. The molecule has 2 N–H and O–H groups in total. The molecule has 0 aliphatic heterocycles. The summed E-state index contributed by atoms with van der Waals surface area (Å²) < 4.78 is 32.5. The summed E-state index contributed by atoms with van der Waals surface area (Å²) in [6.45, 7) is 1.96. The third-order valence-corrected chi connectivity index (χ3v) is 6.23. The van der Waals surface area contributed by atoms with Gasteiger partial charge in [-0.2, -0.15) is 0 Å². The van der Waals surface area contributed by atoms with Crippen molar-refractivity contribution >= 4 is 44.6 Å². The first-order chi connectivity index (χ1) is 13.9. The molecule has 0 saturated carbocycles. The molecule has 0 bridgehead atoms. The molecule has 150 valence electrons. The molecule has 7 nitrogen and oxygen atoms in total. The quantitative estimate of drug-likeness (QED) is 0.552. The van der Waals surface area contributed by atoms with Crippen LogP contribution in [0.25, 0.3) is 0 Å². The van der Waals surface area contributed by atoms with E-state index in [0.29, 0.717) is 16.9 Å². The zero-order valence-electron chi connectivity index (χ0n) is 15.4. The Kier molecular flexibility index (Phi) is 6.30. The van der Waals surface area contributed by atoms with E-state index < -0.39 is 16.0 Å². The number of hydrogen-bond acceptors (Lipinski definition) is 6. The summed E-state index contributed by atoms with van der Waals surface area (Å²) in [6.07, 6.45) is 0. The SMILES string of the molecule is CCOC(=O)c1ccc(NS(=O)(=O)c2csc(C(=O)Nc3ccccc3)c2)cc1. The van der Waals surface area contributed by atoms with Crippen molar-refractivity contribution in [1.82, 2.24) is 0 Å². The zero-order chi connectivity index (χ0) is 20.9. The Bertz CT molecular complexity index is 1110. The highest BCUT2D eigenvalue weighted by atomic mass is 32.2. The van der Waals surface area contributed by atoms with Gasteiger partial charge in [-0.05, 0) is 49.4 Å². The fourth-order valence-electron chi connectivity index (χ4n) is 2.40. The predicted molar refractivity (Wildman–Crippen MR) is 112 cm³/mol. The maximum Gasteiger partial charge on any atom is 0.338 e. The highest BCUT2D eigenvalue weighted by molar-refractivity contribution is 7.92. The van der Waals surface area contributed by atoms with Gasteiger partial charge in [0.25, 0.3) is 15.9 Å². The average molecular weight is 431 g/mol. The summed E-state index contributed by atoms with van der Waals surface area (Å²) in [6, 6.07) is 16.1. The van der Waals surface area contributed by atoms with E-state index in [1.54, 1.807) is 31.2 Å². The number of anilines is 2. The number of nitrogens with one attached hydrogen (secondary N) is 2. The second-order valence-electron chi connectivity index (χ2n) is 5.87. The molecule has 0 unspecified atom stereocenters. The van der Waals surface area contributed by atoms with Crippen LogP contribution in [0.4, 0.5) is 11.4 Å². The minimum absolute atomic E-state index is 0.0184. The van der Waals surface area contributed by atoms with Crippen LogP contribution in [0.2, 0.25) is 0 Å². The minimum atomic E-state index is -3.88. The number of esters is 1. The van der Waals surface area contributed by atoms with Gasteiger partial charge in [-0.15, -0.1) is 11.3 Å². The number of rotatable bonds is 7. The average Bonchev–Trinajstić information content (AvgIpc) is 3.21. The van der Waals surface area contributed by atoms with Crippen molar-refractivity contribution in [3.8, 4) is 0 Å². The van der Waals surface area contributed by atoms with Crippen LogP contribution in [0.1, 0.15) is 27.0 Å². The van der Waals surface area contributed by atoms with E-state index in [2.05, 4.69) is 10.0 Å². The number of thiophene rings is 1. The van der Waals surface area contributed by atoms with Gasteiger partial charge in [-0.3, -0.25) is 9.52 Å². The molecule has 0 saturated heterocycles. The van der Waals surface area contributed by atoms with Gasteiger partial charge in [0, 0.05) is 16.8 Å². The maximum absolute atomic E-state index is 12.6. The van der Waals surface area contributed by atoms with Crippen molar-refractivity contribution in [3.05, 3.63) is 76.5 Å². The maximum atomic E-state index is 12.6. The summed E-state index contributed by atoms with van der Waals surface area (Å²) in [5.41, 5.74) is 1.24. The van der Waals surface area contributed by atoms with Crippen LogP contribution in [0.3, 0.4) is 0 Å². The molecule has 2 aromatic carbocycles. The summed E-state index contributed by atoms with van der Waals surface area (Å²) in [5.74, 6) is -0.866. The number of carbonyl (C=O) groups is 2. The van der Waals surface area contributed by atoms with E-state index in [9.17, 15) is 18.0 Å². The molecule has 1 heterocycles. The van der Waals surface area contributed by atoms with Gasteiger partial charge in [0.15, 0.2) is 0 Å². The number of hydrogen-bond donors (Lipinski definition) is 2. The largest absolute Gasteiger partial charge is 0.462 e. The van der Waals surface area contributed by atoms with Gasteiger partial charge in [-0.1, -0.05) is 18.2 Å². The molecule has 1 aromatic heterocycles. The lowest BCUT2D eigenvalue weighted by Gasteiger charge is -2.07. The van der Waals surface area contributed by atoms with E-state index in [1.165, 1.54) is 35.7 Å². The first kappa shape index (κ1) is 20.6. The van der Waals surface area contributed by atoms with Gasteiger partial charge < -0.3 is 10.1 Å². The third-order valence-electron chi connectivity index (χ3n) is 3.79. The van der Waals surface area contributed by atoms with Crippen molar-refractivity contribution < 1.29 is 22.7 Å². The molecule has 3 aromatic rings. The van der Waals surface area contributed by atoms with Gasteiger partial charge in [0.05, 0.1) is 21.9 Å². The summed E-state index contributed by atoms with van der Waals surface area (Å²) >= 11 is 1.03. The van der Waals surface area contributed by atoms with Gasteiger partial charge in [0.1, 0.15) is 0 Å². The Morgan fingerprint density at radius 2 is 1.69 bits per heavy atom. The highest BCUT2D eigenvalue weighted by Crippen LogP contribution is 2.23. The Balaban J connectivity index is 1.70. The lowest BCUT2D eigenvalue weighted by Crippen LogP contribution is -2.13. The fraction of sp³-hybridized carbons (Fsp3) is 0.100. The molecule has 3 rings (SSSR count). The van der Waals surface area contributed by atoms with Crippen LogP contribution < -0.4 is 10.0 Å². The second kappa shape index (κ2) is 8.89. The van der Waals surface area contributed by atoms with Crippen LogP contribution in [-0.2, 0) is 14.8 Å². The smallest absolute Gasteiger partial charge is 0.338 e. The van der Waals surface area contributed by atoms with Crippen molar-refractivity contribution in [2.24, 2.45) is 0 Å². The van der Waals surface area contributed by atoms with Crippen molar-refractivity contribution in [1.29, 1.82) is 0 Å².